The highest BCUT2D eigenvalue weighted by Crippen LogP contribution is 2.24. The molecular weight excluding hydrogens is 182 g/mol. The quantitative estimate of drug-likeness (QED) is 0.726. The predicted octanol–water partition coefficient (Wildman–Crippen LogP) is 4.20. The van der Waals surface area contributed by atoms with Crippen LogP contribution in [0, 0.1) is 0 Å². The fourth-order valence-corrected chi connectivity index (χ4v) is 1.51. The normalized spacial score (nSPS) is 11.5. The molecule has 0 aromatic heterocycles. The lowest BCUT2D eigenvalue weighted by atomic mass is 9.87. The Labute approximate surface area is 93.9 Å². The number of benzene rings is 1. The average Bonchev–Trinajstić information content (AvgIpc) is 2.17. The summed E-state index contributed by atoms with van der Waals surface area (Å²) < 4.78 is 0. The van der Waals surface area contributed by atoms with Crippen molar-refractivity contribution in [1.82, 2.24) is 0 Å². The molecule has 0 aliphatic carbocycles. The first-order valence-corrected chi connectivity index (χ1v) is 5.88. The van der Waals surface area contributed by atoms with Crippen LogP contribution < -0.4 is 5.32 Å². The van der Waals surface area contributed by atoms with Crippen LogP contribution in [-0.4, -0.2) is 6.54 Å². The van der Waals surface area contributed by atoms with Gasteiger partial charge in [-0.15, -0.1) is 0 Å². The van der Waals surface area contributed by atoms with Crippen molar-refractivity contribution in [3.05, 3.63) is 29.8 Å². The summed E-state index contributed by atoms with van der Waals surface area (Å²) in [5, 5.41) is 3.46. The Kier molecular flexibility index (Phi) is 4.19. The van der Waals surface area contributed by atoms with Crippen molar-refractivity contribution in [3.8, 4) is 0 Å². The van der Waals surface area contributed by atoms with Crippen molar-refractivity contribution in [2.75, 3.05) is 11.9 Å². The van der Waals surface area contributed by atoms with E-state index in [2.05, 4.69) is 57.3 Å². The third kappa shape index (κ3) is 3.94. The summed E-state index contributed by atoms with van der Waals surface area (Å²) in [6, 6.07) is 8.74. The highest BCUT2D eigenvalue weighted by molar-refractivity contribution is 5.47. The van der Waals surface area contributed by atoms with Gasteiger partial charge in [-0.25, -0.2) is 0 Å². The van der Waals surface area contributed by atoms with Crippen LogP contribution in [-0.2, 0) is 5.41 Å². The standard InChI is InChI=1S/C14H23N/c1-5-6-10-15-13-9-7-8-12(11-13)14(2,3)4/h7-9,11,15H,5-6,10H2,1-4H3. The van der Waals surface area contributed by atoms with Gasteiger partial charge in [0.2, 0.25) is 0 Å². The molecule has 84 valence electrons. The highest BCUT2D eigenvalue weighted by Gasteiger charge is 2.13. The molecule has 1 aromatic rings. The molecule has 0 radical (unpaired) electrons. The van der Waals surface area contributed by atoms with Gasteiger partial charge >= 0.3 is 0 Å². The Bertz CT molecular complexity index is 296. The van der Waals surface area contributed by atoms with E-state index in [-0.39, 0.29) is 5.41 Å². The van der Waals surface area contributed by atoms with Gasteiger partial charge in [-0.2, -0.15) is 0 Å². The second-order valence-corrected chi connectivity index (χ2v) is 5.11. The lowest BCUT2D eigenvalue weighted by Crippen LogP contribution is -2.11. The molecular formula is C14H23N. The summed E-state index contributed by atoms with van der Waals surface area (Å²) in [7, 11) is 0. The van der Waals surface area contributed by atoms with E-state index in [4.69, 9.17) is 0 Å². The molecule has 0 heterocycles. The zero-order valence-electron chi connectivity index (χ0n) is 10.4. The third-order valence-electron chi connectivity index (χ3n) is 2.59. The van der Waals surface area contributed by atoms with Crippen LogP contribution in [0.3, 0.4) is 0 Å². The predicted molar refractivity (Wildman–Crippen MR) is 68.5 cm³/mol. The SMILES string of the molecule is CCCCNc1cccc(C(C)(C)C)c1. The lowest BCUT2D eigenvalue weighted by Gasteiger charge is -2.20. The van der Waals surface area contributed by atoms with Crippen LogP contribution in [0.15, 0.2) is 24.3 Å². The van der Waals surface area contributed by atoms with Gasteiger partial charge < -0.3 is 5.32 Å². The fourth-order valence-electron chi connectivity index (χ4n) is 1.51. The summed E-state index contributed by atoms with van der Waals surface area (Å²) in [6.45, 7) is 10.0. The summed E-state index contributed by atoms with van der Waals surface area (Å²) in [5.74, 6) is 0. The first-order chi connectivity index (χ1) is 7.04. The second-order valence-electron chi connectivity index (χ2n) is 5.11. The molecule has 0 aliphatic rings. The molecule has 1 rings (SSSR count). The molecule has 0 bridgehead atoms. The molecule has 0 atom stereocenters. The third-order valence-corrected chi connectivity index (χ3v) is 2.59. The Hall–Kier alpha value is -0.980. The first-order valence-electron chi connectivity index (χ1n) is 5.88. The van der Waals surface area contributed by atoms with Gasteiger partial charge in [-0.3, -0.25) is 0 Å². The number of nitrogens with one attached hydrogen (secondary N) is 1. The maximum Gasteiger partial charge on any atom is 0.0343 e. The maximum absolute atomic E-state index is 3.46. The number of unbranched alkanes of at least 4 members (excludes halogenated alkanes) is 1. The van der Waals surface area contributed by atoms with Gasteiger partial charge in [0.1, 0.15) is 0 Å². The van der Waals surface area contributed by atoms with Crippen LogP contribution in [0.5, 0.6) is 0 Å². The first kappa shape index (κ1) is 12.1. The van der Waals surface area contributed by atoms with Crippen LogP contribution in [0.25, 0.3) is 0 Å². The minimum atomic E-state index is 0.239. The number of anilines is 1. The molecule has 0 spiro atoms. The van der Waals surface area contributed by atoms with E-state index in [9.17, 15) is 0 Å². The van der Waals surface area contributed by atoms with E-state index in [1.54, 1.807) is 0 Å². The summed E-state index contributed by atoms with van der Waals surface area (Å²) in [6.07, 6.45) is 2.48. The van der Waals surface area contributed by atoms with E-state index >= 15 is 0 Å². The zero-order chi connectivity index (χ0) is 11.3. The zero-order valence-corrected chi connectivity index (χ0v) is 10.4. The van der Waals surface area contributed by atoms with Crippen LogP contribution in [0.1, 0.15) is 46.1 Å². The molecule has 0 saturated carbocycles. The Morgan fingerprint density at radius 1 is 1.20 bits per heavy atom. The Morgan fingerprint density at radius 2 is 1.93 bits per heavy atom. The van der Waals surface area contributed by atoms with Crippen molar-refractivity contribution in [2.24, 2.45) is 0 Å². The summed E-state index contributed by atoms with van der Waals surface area (Å²) in [4.78, 5) is 0. The molecule has 0 aliphatic heterocycles. The van der Waals surface area contributed by atoms with Gasteiger partial charge in [0.25, 0.3) is 0 Å². The lowest BCUT2D eigenvalue weighted by molar-refractivity contribution is 0.590. The molecule has 1 aromatic carbocycles. The smallest absolute Gasteiger partial charge is 0.0343 e. The van der Waals surface area contributed by atoms with Gasteiger partial charge in [0.15, 0.2) is 0 Å². The Morgan fingerprint density at radius 3 is 2.53 bits per heavy atom. The molecule has 1 N–H and O–H groups in total. The van der Waals surface area contributed by atoms with Crippen LogP contribution in [0.2, 0.25) is 0 Å². The van der Waals surface area contributed by atoms with E-state index in [1.165, 1.54) is 24.1 Å². The van der Waals surface area contributed by atoms with E-state index in [1.807, 2.05) is 0 Å². The molecule has 0 saturated heterocycles. The minimum Gasteiger partial charge on any atom is -0.385 e. The van der Waals surface area contributed by atoms with Crippen LogP contribution in [0.4, 0.5) is 5.69 Å². The van der Waals surface area contributed by atoms with Crippen molar-refractivity contribution in [1.29, 1.82) is 0 Å². The monoisotopic (exact) mass is 205 g/mol. The molecule has 0 unspecified atom stereocenters. The van der Waals surface area contributed by atoms with Crippen molar-refractivity contribution >= 4 is 5.69 Å². The maximum atomic E-state index is 3.46. The van der Waals surface area contributed by atoms with Crippen molar-refractivity contribution in [3.63, 3.8) is 0 Å². The molecule has 0 amide bonds. The average molecular weight is 205 g/mol. The topological polar surface area (TPSA) is 12.0 Å². The van der Waals surface area contributed by atoms with Gasteiger partial charge in [-0.05, 0) is 29.5 Å². The highest BCUT2D eigenvalue weighted by atomic mass is 14.9. The molecule has 15 heavy (non-hydrogen) atoms. The van der Waals surface area contributed by atoms with E-state index < -0.39 is 0 Å². The summed E-state index contributed by atoms with van der Waals surface area (Å²) >= 11 is 0. The van der Waals surface area contributed by atoms with Crippen molar-refractivity contribution in [2.45, 2.75) is 46.0 Å². The number of rotatable bonds is 4. The Balaban J connectivity index is 2.66. The van der Waals surface area contributed by atoms with Crippen molar-refractivity contribution < 1.29 is 0 Å². The van der Waals surface area contributed by atoms with Gasteiger partial charge in [-0.1, -0.05) is 46.2 Å². The molecule has 1 heteroatoms. The van der Waals surface area contributed by atoms with Gasteiger partial charge in [0.05, 0.1) is 0 Å². The van der Waals surface area contributed by atoms with Gasteiger partial charge in [0, 0.05) is 12.2 Å². The molecule has 1 nitrogen and oxygen atoms in total. The summed E-state index contributed by atoms with van der Waals surface area (Å²) in [5.41, 5.74) is 2.88. The van der Waals surface area contributed by atoms with E-state index in [0.29, 0.717) is 0 Å². The number of hydrogen-bond acceptors (Lipinski definition) is 1. The fraction of sp³-hybridized carbons (Fsp3) is 0.571. The largest absolute Gasteiger partial charge is 0.385 e. The van der Waals surface area contributed by atoms with Crippen LogP contribution >= 0.6 is 0 Å². The van der Waals surface area contributed by atoms with E-state index in [0.717, 1.165) is 6.54 Å². The molecule has 0 fully saturated rings. The second kappa shape index (κ2) is 5.20. The minimum absolute atomic E-state index is 0.239. The number of hydrogen-bond donors (Lipinski definition) is 1.